The summed E-state index contributed by atoms with van der Waals surface area (Å²) in [4.78, 5) is 0. The summed E-state index contributed by atoms with van der Waals surface area (Å²) in [7, 11) is 5.94. The SMILES string of the molecule is [B]C(C1=CC=CCC1)C(O)C(C)C. The standard InChI is InChI=1S/C11H17BO/c1-8(2)11(13)10(12)9-6-4-3-5-7-9/h3-4,6,8,10-11,13H,5,7H2,1-2H3. The highest BCUT2D eigenvalue weighted by Crippen LogP contribution is 2.28. The van der Waals surface area contributed by atoms with Crippen LogP contribution in [0.2, 0.25) is 5.82 Å². The van der Waals surface area contributed by atoms with Crippen LogP contribution in [0.25, 0.3) is 0 Å². The van der Waals surface area contributed by atoms with Crippen LogP contribution in [0.15, 0.2) is 23.8 Å². The molecule has 0 aromatic carbocycles. The lowest BCUT2D eigenvalue weighted by Gasteiger charge is -2.26. The zero-order valence-electron chi connectivity index (χ0n) is 8.40. The second kappa shape index (κ2) is 4.66. The average Bonchev–Trinajstić information content (AvgIpc) is 2.17. The van der Waals surface area contributed by atoms with Crippen molar-refractivity contribution in [2.45, 2.75) is 38.6 Å². The van der Waals surface area contributed by atoms with Gasteiger partial charge in [0.1, 0.15) is 0 Å². The lowest BCUT2D eigenvalue weighted by molar-refractivity contribution is 0.125. The molecule has 1 aliphatic carbocycles. The number of rotatable bonds is 3. The molecule has 0 fully saturated rings. The maximum absolute atomic E-state index is 9.76. The molecule has 1 N–H and O–H groups in total. The fourth-order valence-electron chi connectivity index (χ4n) is 1.53. The minimum atomic E-state index is -0.419. The Labute approximate surface area is 81.9 Å². The highest BCUT2D eigenvalue weighted by atomic mass is 16.3. The summed E-state index contributed by atoms with van der Waals surface area (Å²) in [5.74, 6) is 0.0340. The van der Waals surface area contributed by atoms with Crippen LogP contribution in [-0.2, 0) is 0 Å². The first-order valence-electron chi connectivity index (χ1n) is 4.92. The number of allylic oxidation sites excluding steroid dienone is 3. The van der Waals surface area contributed by atoms with Crippen LogP contribution >= 0.6 is 0 Å². The molecule has 0 heterocycles. The second-order valence-corrected chi connectivity index (χ2v) is 3.97. The van der Waals surface area contributed by atoms with E-state index in [0.717, 1.165) is 12.8 Å². The van der Waals surface area contributed by atoms with Crippen LogP contribution in [0.3, 0.4) is 0 Å². The summed E-state index contributed by atoms with van der Waals surface area (Å²) in [6, 6.07) is 0. The predicted molar refractivity (Wildman–Crippen MR) is 56.8 cm³/mol. The van der Waals surface area contributed by atoms with Crippen LogP contribution in [-0.4, -0.2) is 19.1 Å². The van der Waals surface area contributed by atoms with Gasteiger partial charge in [-0.25, -0.2) is 0 Å². The zero-order chi connectivity index (χ0) is 9.84. The van der Waals surface area contributed by atoms with E-state index in [9.17, 15) is 5.11 Å². The number of hydrogen-bond donors (Lipinski definition) is 1. The Kier molecular flexibility index (Phi) is 3.79. The van der Waals surface area contributed by atoms with Crippen molar-refractivity contribution >= 4 is 7.85 Å². The van der Waals surface area contributed by atoms with E-state index in [1.807, 2.05) is 26.0 Å². The van der Waals surface area contributed by atoms with E-state index in [1.54, 1.807) is 0 Å². The zero-order valence-corrected chi connectivity index (χ0v) is 8.40. The monoisotopic (exact) mass is 176 g/mol. The molecule has 2 unspecified atom stereocenters. The van der Waals surface area contributed by atoms with Gasteiger partial charge in [-0.15, -0.1) is 0 Å². The van der Waals surface area contributed by atoms with Crippen LogP contribution in [0, 0.1) is 5.92 Å². The normalized spacial score (nSPS) is 21.4. The summed E-state index contributed by atoms with van der Waals surface area (Å²) in [6.07, 6.45) is 7.78. The lowest BCUT2D eigenvalue weighted by Crippen LogP contribution is -2.23. The molecule has 70 valence electrons. The molecule has 1 rings (SSSR count). The van der Waals surface area contributed by atoms with Gasteiger partial charge in [-0.2, -0.15) is 0 Å². The van der Waals surface area contributed by atoms with Gasteiger partial charge in [-0.3, -0.25) is 0 Å². The lowest BCUT2D eigenvalue weighted by atomic mass is 9.71. The first kappa shape index (κ1) is 10.6. The first-order valence-corrected chi connectivity index (χ1v) is 4.92. The smallest absolute Gasteiger partial charge is 0.0794 e. The van der Waals surface area contributed by atoms with E-state index in [0.29, 0.717) is 0 Å². The van der Waals surface area contributed by atoms with E-state index in [1.165, 1.54) is 5.57 Å². The van der Waals surface area contributed by atoms with Crippen molar-refractivity contribution in [1.82, 2.24) is 0 Å². The number of aliphatic hydroxyl groups is 1. The van der Waals surface area contributed by atoms with Crippen molar-refractivity contribution in [2.75, 3.05) is 0 Å². The Hall–Kier alpha value is -0.495. The van der Waals surface area contributed by atoms with Gasteiger partial charge in [0.15, 0.2) is 0 Å². The third-order valence-electron chi connectivity index (χ3n) is 2.53. The molecule has 13 heavy (non-hydrogen) atoms. The Balaban J connectivity index is 2.60. The molecule has 1 aliphatic rings. The molecule has 0 aromatic heterocycles. The molecule has 2 atom stereocenters. The van der Waals surface area contributed by atoms with Gasteiger partial charge < -0.3 is 5.11 Å². The van der Waals surface area contributed by atoms with E-state index >= 15 is 0 Å². The molecular formula is C11H17BO. The third kappa shape index (κ3) is 2.73. The predicted octanol–water partition coefficient (Wildman–Crippen LogP) is 2.24. The fraction of sp³-hybridized carbons (Fsp3) is 0.636. The van der Waals surface area contributed by atoms with Crippen LogP contribution in [0.4, 0.5) is 0 Å². The Morgan fingerprint density at radius 2 is 2.15 bits per heavy atom. The fourth-order valence-corrected chi connectivity index (χ4v) is 1.53. The van der Waals surface area contributed by atoms with E-state index < -0.39 is 6.10 Å². The quantitative estimate of drug-likeness (QED) is 0.653. The summed E-state index contributed by atoms with van der Waals surface area (Å²) in [5, 5.41) is 9.76. The van der Waals surface area contributed by atoms with Crippen molar-refractivity contribution in [3.8, 4) is 0 Å². The molecule has 0 bridgehead atoms. The van der Waals surface area contributed by atoms with Crippen LogP contribution in [0.5, 0.6) is 0 Å². The Morgan fingerprint density at radius 3 is 2.62 bits per heavy atom. The van der Waals surface area contributed by atoms with Gasteiger partial charge in [-0.05, 0) is 24.6 Å². The Bertz CT molecular complexity index is 218. The van der Waals surface area contributed by atoms with Crippen molar-refractivity contribution < 1.29 is 5.11 Å². The summed E-state index contributed by atoms with van der Waals surface area (Å²) < 4.78 is 0. The van der Waals surface area contributed by atoms with Gasteiger partial charge >= 0.3 is 0 Å². The number of aliphatic hydroxyl groups excluding tert-OH is 1. The van der Waals surface area contributed by atoms with Gasteiger partial charge in [-0.1, -0.05) is 37.6 Å². The van der Waals surface area contributed by atoms with E-state index in [-0.39, 0.29) is 11.7 Å². The van der Waals surface area contributed by atoms with Gasteiger partial charge in [0.2, 0.25) is 0 Å². The van der Waals surface area contributed by atoms with Crippen LogP contribution in [0.1, 0.15) is 26.7 Å². The van der Waals surface area contributed by atoms with E-state index in [4.69, 9.17) is 7.85 Å². The maximum Gasteiger partial charge on any atom is 0.0794 e. The molecule has 0 saturated carbocycles. The van der Waals surface area contributed by atoms with Gasteiger partial charge in [0, 0.05) is 0 Å². The molecule has 0 saturated heterocycles. The molecule has 0 amide bonds. The average molecular weight is 176 g/mol. The Morgan fingerprint density at radius 1 is 1.46 bits per heavy atom. The molecule has 0 aromatic rings. The summed E-state index contributed by atoms with van der Waals surface area (Å²) >= 11 is 0. The summed E-state index contributed by atoms with van der Waals surface area (Å²) in [6.45, 7) is 3.98. The molecule has 0 spiro atoms. The van der Waals surface area contributed by atoms with E-state index in [2.05, 4.69) is 6.08 Å². The number of hydrogen-bond acceptors (Lipinski definition) is 1. The minimum Gasteiger partial charge on any atom is -0.393 e. The maximum atomic E-state index is 9.76. The topological polar surface area (TPSA) is 20.2 Å². The van der Waals surface area contributed by atoms with Crippen LogP contribution < -0.4 is 0 Å². The minimum absolute atomic E-state index is 0.190. The second-order valence-electron chi connectivity index (χ2n) is 3.97. The molecule has 2 radical (unpaired) electrons. The molecule has 2 heteroatoms. The summed E-state index contributed by atoms with van der Waals surface area (Å²) in [5.41, 5.74) is 1.17. The molecule has 1 nitrogen and oxygen atoms in total. The first-order chi connectivity index (χ1) is 6.13. The van der Waals surface area contributed by atoms with Crippen molar-refractivity contribution in [1.29, 1.82) is 0 Å². The van der Waals surface area contributed by atoms with Crippen molar-refractivity contribution in [2.24, 2.45) is 5.92 Å². The third-order valence-corrected chi connectivity index (χ3v) is 2.53. The van der Waals surface area contributed by atoms with Crippen molar-refractivity contribution in [3.63, 3.8) is 0 Å². The van der Waals surface area contributed by atoms with Gasteiger partial charge in [0.25, 0.3) is 0 Å². The van der Waals surface area contributed by atoms with Crippen molar-refractivity contribution in [3.05, 3.63) is 23.8 Å². The highest BCUT2D eigenvalue weighted by Gasteiger charge is 2.20. The molecule has 0 aliphatic heterocycles. The molecular weight excluding hydrogens is 159 g/mol. The largest absolute Gasteiger partial charge is 0.393 e. The van der Waals surface area contributed by atoms with Gasteiger partial charge in [0.05, 0.1) is 14.0 Å². The highest BCUT2D eigenvalue weighted by molar-refractivity contribution is 6.14.